The number of nitrogens with one attached hydrogen (secondary N) is 2. The molecule has 2 N–H and O–H groups in total. The van der Waals surface area contributed by atoms with Gasteiger partial charge in [0, 0.05) is 6.54 Å². The minimum Gasteiger partial charge on any atom is -0.495 e. The van der Waals surface area contributed by atoms with E-state index in [1.165, 1.54) is 0 Å². The molecule has 2 aromatic heterocycles. The number of hydrogen-bond donors (Lipinski definition) is 2. The first-order valence-corrected chi connectivity index (χ1v) is 7.59. The second-order valence-corrected chi connectivity index (χ2v) is 5.29. The van der Waals surface area contributed by atoms with Gasteiger partial charge in [0.25, 0.3) is 0 Å². The predicted molar refractivity (Wildman–Crippen MR) is 87.9 cm³/mol. The summed E-state index contributed by atoms with van der Waals surface area (Å²) < 4.78 is 5.37. The van der Waals surface area contributed by atoms with Gasteiger partial charge in [-0.15, -0.1) is 11.3 Å². The molecule has 3 rings (SSSR count). The van der Waals surface area contributed by atoms with E-state index in [9.17, 15) is 0 Å². The molecule has 1 aromatic carbocycles. The number of thiophene rings is 1. The van der Waals surface area contributed by atoms with Crippen molar-refractivity contribution in [1.82, 2.24) is 9.97 Å². The lowest BCUT2D eigenvalue weighted by Gasteiger charge is -2.12. The molecule has 0 saturated carbocycles. The van der Waals surface area contributed by atoms with E-state index in [0.717, 1.165) is 34.0 Å². The smallest absolute Gasteiger partial charge is 0.226 e. The average molecular weight is 300 g/mol. The minimum absolute atomic E-state index is 0.629. The molecule has 0 radical (unpaired) electrons. The molecule has 108 valence electrons. The molecule has 21 heavy (non-hydrogen) atoms. The molecule has 0 aliphatic heterocycles. The lowest BCUT2D eigenvalue weighted by atomic mass is 10.3. The molecule has 0 unspecified atom stereocenters. The quantitative estimate of drug-likeness (QED) is 0.749. The molecule has 0 fully saturated rings. The van der Waals surface area contributed by atoms with Gasteiger partial charge in [-0.25, -0.2) is 4.98 Å². The molecular weight excluding hydrogens is 284 g/mol. The normalized spacial score (nSPS) is 10.6. The van der Waals surface area contributed by atoms with Crippen LogP contribution in [0.2, 0.25) is 0 Å². The molecule has 0 bridgehead atoms. The van der Waals surface area contributed by atoms with Crippen molar-refractivity contribution in [1.29, 1.82) is 0 Å². The molecule has 0 aliphatic rings. The fourth-order valence-corrected chi connectivity index (χ4v) is 2.83. The maximum Gasteiger partial charge on any atom is 0.226 e. The highest BCUT2D eigenvalue weighted by molar-refractivity contribution is 7.16. The Morgan fingerprint density at radius 3 is 2.86 bits per heavy atom. The van der Waals surface area contributed by atoms with Crippen LogP contribution in [0.3, 0.4) is 0 Å². The van der Waals surface area contributed by atoms with Gasteiger partial charge in [0.2, 0.25) is 5.95 Å². The number of anilines is 3. The van der Waals surface area contributed by atoms with Gasteiger partial charge in [-0.3, -0.25) is 0 Å². The zero-order valence-corrected chi connectivity index (χ0v) is 12.7. The molecule has 0 aliphatic carbocycles. The summed E-state index contributed by atoms with van der Waals surface area (Å²) in [4.78, 5) is 10.0. The van der Waals surface area contributed by atoms with Crippen LogP contribution >= 0.6 is 11.3 Å². The van der Waals surface area contributed by atoms with E-state index in [-0.39, 0.29) is 0 Å². The first-order valence-electron chi connectivity index (χ1n) is 6.71. The summed E-state index contributed by atoms with van der Waals surface area (Å²) in [6, 6.07) is 9.80. The molecule has 0 spiro atoms. The van der Waals surface area contributed by atoms with Gasteiger partial charge < -0.3 is 15.4 Å². The maximum atomic E-state index is 5.37. The Hall–Kier alpha value is -2.34. The Balaban J connectivity index is 2.04. The number of nitrogens with zero attached hydrogens (tertiary/aromatic N) is 2. The summed E-state index contributed by atoms with van der Waals surface area (Å²) in [7, 11) is 1.66. The lowest BCUT2D eigenvalue weighted by Crippen LogP contribution is -2.04. The standard InChI is InChI=1S/C15H16N4OS/c1-3-16-15-18-13(10-8-9-21-14(10)19-15)17-11-6-4-5-7-12(11)20-2/h4-9H,3H2,1-2H3,(H2,16,17,18,19). The SMILES string of the molecule is CCNc1nc(Nc2ccccc2OC)c2ccsc2n1. The highest BCUT2D eigenvalue weighted by Gasteiger charge is 2.10. The molecule has 0 amide bonds. The summed E-state index contributed by atoms with van der Waals surface area (Å²) >= 11 is 1.60. The van der Waals surface area contributed by atoms with E-state index < -0.39 is 0 Å². The van der Waals surface area contributed by atoms with Crippen molar-refractivity contribution in [2.75, 3.05) is 24.3 Å². The van der Waals surface area contributed by atoms with Crippen molar-refractivity contribution in [2.45, 2.75) is 6.92 Å². The van der Waals surface area contributed by atoms with Crippen LogP contribution in [0.15, 0.2) is 35.7 Å². The van der Waals surface area contributed by atoms with E-state index in [2.05, 4.69) is 20.6 Å². The van der Waals surface area contributed by atoms with Crippen molar-refractivity contribution in [3.05, 3.63) is 35.7 Å². The molecule has 3 aromatic rings. The molecule has 0 saturated heterocycles. The van der Waals surface area contributed by atoms with E-state index in [0.29, 0.717) is 5.95 Å². The predicted octanol–water partition coefficient (Wildman–Crippen LogP) is 3.88. The number of para-hydroxylation sites is 2. The molecule has 2 heterocycles. The van der Waals surface area contributed by atoms with E-state index in [4.69, 9.17) is 4.74 Å². The Morgan fingerprint density at radius 2 is 2.05 bits per heavy atom. The van der Waals surface area contributed by atoms with Gasteiger partial charge in [-0.05, 0) is 30.5 Å². The first kappa shape index (κ1) is 13.6. The van der Waals surface area contributed by atoms with Crippen molar-refractivity contribution in [3.8, 4) is 5.75 Å². The number of fused-ring (bicyclic) bond motifs is 1. The molecule has 6 heteroatoms. The maximum absolute atomic E-state index is 5.37. The lowest BCUT2D eigenvalue weighted by molar-refractivity contribution is 0.417. The highest BCUT2D eigenvalue weighted by atomic mass is 32.1. The number of benzene rings is 1. The fraction of sp³-hybridized carbons (Fsp3) is 0.200. The van der Waals surface area contributed by atoms with Gasteiger partial charge >= 0.3 is 0 Å². The van der Waals surface area contributed by atoms with Crippen LogP contribution < -0.4 is 15.4 Å². The highest BCUT2D eigenvalue weighted by Crippen LogP contribution is 2.32. The van der Waals surface area contributed by atoms with Gasteiger partial charge in [0.05, 0.1) is 18.2 Å². The van der Waals surface area contributed by atoms with Crippen LogP contribution in [0.1, 0.15) is 6.92 Å². The Bertz CT molecular complexity index is 756. The van der Waals surface area contributed by atoms with Crippen molar-refractivity contribution < 1.29 is 4.74 Å². The Kier molecular flexibility index (Phi) is 3.87. The third-order valence-electron chi connectivity index (χ3n) is 3.02. The second-order valence-electron chi connectivity index (χ2n) is 4.39. The van der Waals surface area contributed by atoms with E-state index >= 15 is 0 Å². The minimum atomic E-state index is 0.629. The van der Waals surface area contributed by atoms with Crippen LogP contribution in [0, 0.1) is 0 Å². The van der Waals surface area contributed by atoms with Crippen LogP contribution in [0.25, 0.3) is 10.2 Å². The van der Waals surface area contributed by atoms with Gasteiger partial charge in [-0.1, -0.05) is 12.1 Å². The molecule has 5 nitrogen and oxygen atoms in total. The van der Waals surface area contributed by atoms with Gasteiger partial charge in [0.15, 0.2) is 0 Å². The van der Waals surface area contributed by atoms with Crippen LogP contribution in [0.4, 0.5) is 17.5 Å². The number of aromatic nitrogens is 2. The molecular formula is C15H16N4OS. The zero-order chi connectivity index (χ0) is 14.7. The zero-order valence-electron chi connectivity index (χ0n) is 11.9. The van der Waals surface area contributed by atoms with Crippen molar-refractivity contribution in [2.24, 2.45) is 0 Å². The number of hydrogen-bond acceptors (Lipinski definition) is 6. The monoisotopic (exact) mass is 300 g/mol. The average Bonchev–Trinajstić information content (AvgIpc) is 2.97. The van der Waals surface area contributed by atoms with Gasteiger partial charge in [0.1, 0.15) is 16.4 Å². The van der Waals surface area contributed by atoms with E-state index in [1.54, 1.807) is 18.4 Å². The van der Waals surface area contributed by atoms with Gasteiger partial charge in [-0.2, -0.15) is 4.98 Å². The summed E-state index contributed by atoms with van der Waals surface area (Å²) in [6.07, 6.45) is 0. The number of rotatable bonds is 5. The van der Waals surface area contributed by atoms with E-state index in [1.807, 2.05) is 42.6 Å². The number of ether oxygens (including phenoxy) is 1. The van der Waals surface area contributed by atoms with Crippen LogP contribution in [-0.2, 0) is 0 Å². The van der Waals surface area contributed by atoms with Crippen molar-refractivity contribution >= 4 is 39.0 Å². The second kappa shape index (κ2) is 5.97. The van der Waals surface area contributed by atoms with Crippen LogP contribution in [0.5, 0.6) is 5.75 Å². The summed E-state index contributed by atoms with van der Waals surface area (Å²) in [5.41, 5.74) is 0.883. The summed E-state index contributed by atoms with van der Waals surface area (Å²) in [6.45, 7) is 2.81. The largest absolute Gasteiger partial charge is 0.495 e. The third-order valence-corrected chi connectivity index (χ3v) is 3.83. The fourth-order valence-electron chi connectivity index (χ4n) is 2.06. The number of methoxy groups -OCH3 is 1. The van der Waals surface area contributed by atoms with Crippen molar-refractivity contribution in [3.63, 3.8) is 0 Å². The summed E-state index contributed by atoms with van der Waals surface area (Å²) in [5, 5.41) is 9.52. The topological polar surface area (TPSA) is 59.1 Å². The summed E-state index contributed by atoms with van der Waals surface area (Å²) in [5.74, 6) is 2.19. The molecule has 0 atom stereocenters. The third kappa shape index (κ3) is 2.75. The Labute approximate surface area is 127 Å². The van der Waals surface area contributed by atoms with Crippen LogP contribution in [-0.4, -0.2) is 23.6 Å². The first-order chi connectivity index (χ1) is 10.3. The Morgan fingerprint density at radius 1 is 1.19 bits per heavy atom.